The van der Waals surface area contributed by atoms with Gasteiger partial charge in [-0.15, -0.1) is 23.2 Å². The average Bonchev–Trinajstić information content (AvgIpc) is 2.57. The maximum absolute atomic E-state index is 11.9. The molecular weight excluding hydrogens is 351 g/mol. The highest BCUT2D eigenvalue weighted by atomic mass is 35.5. The van der Waals surface area contributed by atoms with Crippen LogP contribution in [-0.2, 0) is 4.79 Å². The Bertz CT molecular complexity index is 405. The fourth-order valence-electron chi connectivity index (χ4n) is 4.17. The van der Waals surface area contributed by atoms with Crippen LogP contribution in [0.25, 0.3) is 0 Å². The van der Waals surface area contributed by atoms with Crippen LogP contribution < -0.4 is 5.32 Å². The minimum atomic E-state index is -0.430. The second kappa shape index (κ2) is 9.58. The average molecular weight is 381 g/mol. The summed E-state index contributed by atoms with van der Waals surface area (Å²) in [6, 6.07) is 0.200. The first-order chi connectivity index (χ1) is 11.5. The van der Waals surface area contributed by atoms with Crippen LogP contribution in [0.5, 0.6) is 0 Å². The molecule has 5 nitrogen and oxygen atoms in total. The van der Waals surface area contributed by atoms with Crippen molar-refractivity contribution in [3.8, 4) is 0 Å². The lowest BCUT2D eigenvalue weighted by atomic mass is 9.74. The van der Waals surface area contributed by atoms with E-state index in [0.717, 1.165) is 38.9 Å². The van der Waals surface area contributed by atoms with E-state index in [0.29, 0.717) is 12.3 Å². The van der Waals surface area contributed by atoms with Gasteiger partial charge in [-0.05, 0) is 38.1 Å². The highest BCUT2D eigenvalue weighted by molar-refractivity contribution is 6.30. The number of halogens is 2. The first kappa shape index (κ1) is 20.2. The predicted octanol–water partition coefficient (Wildman–Crippen LogP) is 1.57. The topological polar surface area (TPSA) is 72.8 Å². The highest BCUT2D eigenvalue weighted by Gasteiger charge is 2.41. The van der Waals surface area contributed by atoms with Gasteiger partial charge in [-0.25, -0.2) is 0 Å². The number of carbonyl (C=O) groups excluding carboxylic acids is 1. The zero-order valence-electron chi connectivity index (χ0n) is 14.3. The number of aliphatic hydroxyl groups excluding tert-OH is 2. The quantitative estimate of drug-likeness (QED) is 0.611. The molecule has 2 rings (SSSR count). The Kier molecular flexibility index (Phi) is 8.08. The molecule has 1 aliphatic heterocycles. The molecule has 0 spiro atoms. The van der Waals surface area contributed by atoms with E-state index in [1.165, 1.54) is 0 Å². The van der Waals surface area contributed by atoms with Crippen LogP contribution in [0.15, 0.2) is 0 Å². The van der Waals surface area contributed by atoms with Crippen LogP contribution in [0.4, 0.5) is 0 Å². The molecule has 0 aromatic carbocycles. The lowest BCUT2D eigenvalue weighted by Gasteiger charge is -2.44. The van der Waals surface area contributed by atoms with Crippen LogP contribution in [-0.4, -0.2) is 70.2 Å². The first-order valence-electron chi connectivity index (χ1n) is 9.06. The van der Waals surface area contributed by atoms with Crippen molar-refractivity contribution in [2.24, 2.45) is 11.8 Å². The molecule has 1 amide bonds. The molecule has 0 aromatic rings. The monoisotopic (exact) mass is 380 g/mol. The van der Waals surface area contributed by atoms with Gasteiger partial charge in [0.1, 0.15) is 0 Å². The van der Waals surface area contributed by atoms with Gasteiger partial charge in [-0.1, -0.05) is 6.92 Å². The van der Waals surface area contributed by atoms with Crippen molar-refractivity contribution in [1.82, 2.24) is 10.2 Å². The van der Waals surface area contributed by atoms with Gasteiger partial charge in [0.2, 0.25) is 5.91 Å². The molecule has 24 heavy (non-hydrogen) atoms. The van der Waals surface area contributed by atoms with Crippen molar-refractivity contribution < 1.29 is 15.0 Å². The second-order valence-electron chi connectivity index (χ2n) is 7.01. The predicted molar refractivity (Wildman–Crippen MR) is 96.5 cm³/mol. The number of piperidine rings is 1. The number of alkyl halides is 2. The summed E-state index contributed by atoms with van der Waals surface area (Å²) >= 11 is 12.6. The molecular formula is C17H30Cl2N2O3. The summed E-state index contributed by atoms with van der Waals surface area (Å²) in [5.74, 6) is 0.546. The van der Waals surface area contributed by atoms with Gasteiger partial charge in [0, 0.05) is 31.5 Å². The summed E-state index contributed by atoms with van der Waals surface area (Å²) in [6.45, 7) is 4.26. The molecule has 1 heterocycles. The van der Waals surface area contributed by atoms with Crippen LogP contribution in [0.3, 0.4) is 0 Å². The number of likely N-dealkylation sites (tertiary alicyclic amines) is 1. The van der Waals surface area contributed by atoms with E-state index in [-0.39, 0.29) is 41.6 Å². The van der Waals surface area contributed by atoms with Crippen LogP contribution in [0.2, 0.25) is 0 Å². The van der Waals surface area contributed by atoms with Gasteiger partial charge in [0.05, 0.1) is 23.5 Å². The number of rotatable bonds is 6. The summed E-state index contributed by atoms with van der Waals surface area (Å²) in [5, 5.41) is 22.7. The smallest absolute Gasteiger partial charge is 0.224 e. The van der Waals surface area contributed by atoms with Crippen molar-refractivity contribution in [1.29, 1.82) is 0 Å². The molecule has 1 saturated carbocycles. The molecule has 0 aromatic heterocycles. The summed E-state index contributed by atoms with van der Waals surface area (Å²) in [6.07, 6.45) is 2.85. The number of hydrogen-bond acceptors (Lipinski definition) is 4. The number of amides is 1. The summed E-state index contributed by atoms with van der Waals surface area (Å²) in [7, 11) is 0. The van der Waals surface area contributed by atoms with Crippen LogP contribution >= 0.6 is 23.2 Å². The fourth-order valence-corrected chi connectivity index (χ4v) is 4.76. The van der Waals surface area contributed by atoms with Crippen molar-refractivity contribution in [3.63, 3.8) is 0 Å². The Labute approximate surface area is 154 Å². The number of nitrogens with one attached hydrogen (secondary N) is 1. The summed E-state index contributed by atoms with van der Waals surface area (Å²) < 4.78 is 0. The largest absolute Gasteiger partial charge is 0.396 e. The minimum absolute atomic E-state index is 0.0273. The number of nitrogens with zero attached hydrogens (tertiary/aromatic N) is 1. The van der Waals surface area contributed by atoms with Gasteiger partial charge in [0.15, 0.2) is 0 Å². The van der Waals surface area contributed by atoms with E-state index < -0.39 is 6.10 Å². The van der Waals surface area contributed by atoms with Crippen LogP contribution in [0.1, 0.15) is 39.0 Å². The third kappa shape index (κ3) is 4.98. The lowest BCUT2D eigenvalue weighted by molar-refractivity contribution is -0.133. The molecule has 0 radical (unpaired) electrons. The fraction of sp³-hybridized carbons (Fsp3) is 0.941. The van der Waals surface area contributed by atoms with Gasteiger partial charge >= 0.3 is 0 Å². The Morgan fingerprint density at radius 3 is 2.46 bits per heavy atom. The van der Waals surface area contributed by atoms with Gasteiger partial charge in [0.25, 0.3) is 0 Å². The van der Waals surface area contributed by atoms with Crippen molar-refractivity contribution >= 4 is 29.1 Å². The molecule has 140 valence electrons. The molecule has 2 fully saturated rings. The second-order valence-corrected chi connectivity index (χ2v) is 8.13. The standard InChI is InChI=1S/C17H30Cl2N2O3/c1-2-20-17(12-9-13(18)14(19)10-15(12)23)11-3-6-21(7-4-11)16(24)5-8-22/h11-15,17,20,22-23H,2-10H2,1H3. The van der Waals surface area contributed by atoms with Crippen molar-refractivity contribution in [2.75, 3.05) is 26.2 Å². The Morgan fingerprint density at radius 1 is 1.25 bits per heavy atom. The Balaban J connectivity index is 1.97. The summed E-state index contributed by atoms with van der Waals surface area (Å²) in [5.41, 5.74) is 0. The third-order valence-electron chi connectivity index (χ3n) is 5.48. The van der Waals surface area contributed by atoms with E-state index in [2.05, 4.69) is 12.2 Å². The maximum Gasteiger partial charge on any atom is 0.224 e. The van der Waals surface area contributed by atoms with Crippen molar-refractivity contribution in [2.45, 2.75) is 61.9 Å². The Hall–Kier alpha value is -0.0700. The third-order valence-corrected chi connectivity index (χ3v) is 6.57. The van der Waals surface area contributed by atoms with E-state index in [1.807, 2.05) is 4.90 Å². The van der Waals surface area contributed by atoms with Crippen molar-refractivity contribution in [3.05, 3.63) is 0 Å². The normalized spacial score (nSPS) is 33.5. The molecule has 1 saturated heterocycles. The molecule has 5 unspecified atom stereocenters. The number of hydrogen-bond donors (Lipinski definition) is 3. The maximum atomic E-state index is 11.9. The molecule has 7 heteroatoms. The zero-order chi connectivity index (χ0) is 17.7. The minimum Gasteiger partial charge on any atom is -0.396 e. The van der Waals surface area contributed by atoms with E-state index in [4.69, 9.17) is 28.3 Å². The SMILES string of the molecule is CCNC(C1CCN(C(=O)CCO)CC1)C1CC(Cl)C(Cl)CC1O. The molecule has 5 atom stereocenters. The molecule has 0 bridgehead atoms. The van der Waals surface area contributed by atoms with Gasteiger partial charge in [-0.2, -0.15) is 0 Å². The number of aliphatic hydroxyl groups is 2. The van der Waals surface area contributed by atoms with E-state index in [1.54, 1.807) is 0 Å². The van der Waals surface area contributed by atoms with E-state index in [9.17, 15) is 9.90 Å². The molecule has 3 N–H and O–H groups in total. The van der Waals surface area contributed by atoms with Gasteiger partial charge < -0.3 is 20.4 Å². The Morgan fingerprint density at radius 2 is 1.88 bits per heavy atom. The first-order valence-corrected chi connectivity index (χ1v) is 9.93. The highest BCUT2D eigenvalue weighted by Crippen LogP contribution is 2.37. The van der Waals surface area contributed by atoms with Gasteiger partial charge in [-0.3, -0.25) is 4.79 Å². The van der Waals surface area contributed by atoms with Crippen LogP contribution in [0, 0.1) is 11.8 Å². The summed E-state index contributed by atoms with van der Waals surface area (Å²) in [4.78, 5) is 13.8. The molecule has 2 aliphatic rings. The van der Waals surface area contributed by atoms with E-state index >= 15 is 0 Å². The molecule has 1 aliphatic carbocycles. The lowest BCUT2D eigenvalue weighted by Crippen LogP contribution is -2.53. The number of carbonyl (C=O) groups is 1. The zero-order valence-corrected chi connectivity index (χ0v) is 15.8.